The number of hydrogen-bond donors (Lipinski definition) is 0. The molecule has 77 heavy (non-hydrogen) atoms. The van der Waals surface area contributed by atoms with Crippen LogP contribution < -0.4 is 9.47 Å². The number of carbonyl (C=O) groups excluding carboxylic acids is 2. The first-order valence-corrected chi connectivity index (χ1v) is 31.1. The molecule has 0 bridgehead atoms. The SMILES string of the molecule is CCCCCCCCCCCCCCCCCCOc1ccc(N=Cc2ccc(C(=O)OCCCCCOC(=O)c3ccc(C=Nc4ccc(OCCCCCCCCCCCCCCCCCC)cc4)cc3)cc2)cc1. The standard InChI is InChI=1S/C69H102N2O6/c1-3-5-7-9-11-13-15-17-19-21-23-25-27-29-31-34-54-74-66-50-46-64(47-51-66)70-58-60-38-42-62(43-39-60)68(72)76-56-36-33-37-57-77-69(73)63-44-40-61(41-45-63)59-71-65-48-52-67(53-49-65)75-55-35-32-30-28-26-24-22-20-18-16-14-12-10-8-6-4-2/h38-53,58-59H,3-37,54-57H2,1-2H3. The van der Waals surface area contributed by atoms with Crippen LogP contribution in [0.4, 0.5) is 11.4 Å². The van der Waals surface area contributed by atoms with Crippen molar-refractivity contribution in [2.24, 2.45) is 9.98 Å². The molecule has 424 valence electrons. The second kappa shape index (κ2) is 44.7. The Kier molecular flexibility index (Phi) is 37.3. The van der Waals surface area contributed by atoms with E-state index < -0.39 is 0 Å². The van der Waals surface area contributed by atoms with E-state index in [0.717, 1.165) is 66.5 Å². The lowest BCUT2D eigenvalue weighted by Crippen LogP contribution is -2.08. The summed E-state index contributed by atoms with van der Waals surface area (Å²) in [5.41, 5.74) is 4.45. The topological polar surface area (TPSA) is 95.8 Å². The summed E-state index contributed by atoms with van der Waals surface area (Å²) in [5, 5.41) is 0. The fraction of sp³-hybridized carbons (Fsp3) is 0.594. The predicted molar refractivity (Wildman–Crippen MR) is 325 cm³/mol. The molecular weight excluding hydrogens is 953 g/mol. The maximum absolute atomic E-state index is 12.7. The van der Waals surface area contributed by atoms with Gasteiger partial charge in [-0.3, -0.25) is 9.98 Å². The maximum atomic E-state index is 12.7. The molecule has 0 saturated carbocycles. The second-order valence-electron chi connectivity index (χ2n) is 21.4. The number of ether oxygens (including phenoxy) is 4. The van der Waals surface area contributed by atoms with E-state index in [1.165, 1.54) is 193 Å². The van der Waals surface area contributed by atoms with Crippen molar-refractivity contribution in [3.8, 4) is 11.5 Å². The summed E-state index contributed by atoms with van der Waals surface area (Å²) in [7, 11) is 0. The molecule has 0 aliphatic rings. The van der Waals surface area contributed by atoms with E-state index in [1.54, 1.807) is 36.7 Å². The van der Waals surface area contributed by atoms with Gasteiger partial charge in [0.2, 0.25) is 0 Å². The molecule has 0 amide bonds. The first-order valence-electron chi connectivity index (χ1n) is 31.1. The average Bonchev–Trinajstić information content (AvgIpc) is 3.46. The third-order valence-electron chi connectivity index (χ3n) is 14.5. The minimum atomic E-state index is -0.359. The van der Waals surface area contributed by atoms with E-state index in [1.807, 2.05) is 72.8 Å². The molecule has 0 aliphatic carbocycles. The number of aliphatic imine (C=N–C) groups is 2. The van der Waals surface area contributed by atoms with Crippen molar-refractivity contribution in [3.63, 3.8) is 0 Å². The zero-order valence-corrected chi connectivity index (χ0v) is 48.3. The van der Waals surface area contributed by atoms with Crippen molar-refractivity contribution in [2.45, 2.75) is 239 Å². The van der Waals surface area contributed by atoms with Crippen LogP contribution in [0.3, 0.4) is 0 Å². The molecule has 0 unspecified atom stereocenters. The fourth-order valence-electron chi connectivity index (χ4n) is 9.52. The molecule has 4 aromatic rings. The number of unbranched alkanes of at least 4 members (excludes halogenated alkanes) is 32. The number of rotatable bonds is 48. The van der Waals surface area contributed by atoms with E-state index in [2.05, 4.69) is 23.8 Å². The van der Waals surface area contributed by atoms with Crippen LogP contribution >= 0.6 is 0 Å². The summed E-state index contributed by atoms with van der Waals surface area (Å²) < 4.78 is 23.0. The van der Waals surface area contributed by atoms with E-state index >= 15 is 0 Å². The maximum Gasteiger partial charge on any atom is 0.338 e. The summed E-state index contributed by atoms with van der Waals surface area (Å²) in [6.45, 7) is 6.66. The molecule has 0 aromatic heterocycles. The van der Waals surface area contributed by atoms with Gasteiger partial charge in [-0.2, -0.15) is 0 Å². The molecule has 0 atom stereocenters. The monoisotopic (exact) mass is 1050 g/mol. The van der Waals surface area contributed by atoms with Gasteiger partial charge >= 0.3 is 11.9 Å². The summed E-state index contributed by atoms with van der Waals surface area (Å²) in [5.74, 6) is 1.02. The lowest BCUT2D eigenvalue weighted by Gasteiger charge is -2.07. The average molecular weight is 1060 g/mol. The van der Waals surface area contributed by atoms with Gasteiger partial charge in [0.25, 0.3) is 0 Å². The van der Waals surface area contributed by atoms with Gasteiger partial charge in [-0.15, -0.1) is 0 Å². The van der Waals surface area contributed by atoms with Gasteiger partial charge in [0.05, 0.1) is 48.9 Å². The zero-order valence-electron chi connectivity index (χ0n) is 48.3. The van der Waals surface area contributed by atoms with E-state index in [9.17, 15) is 9.59 Å². The van der Waals surface area contributed by atoms with Gasteiger partial charge in [-0.1, -0.05) is 231 Å². The van der Waals surface area contributed by atoms with Gasteiger partial charge in [-0.05, 0) is 116 Å². The highest BCUT2D eigenvalue weighted by molar-refractivity contribution is 5.92. The van der Waals surface area contributed by atoms with Crippen molar-refractivity contribution in [3.05, 3.63) is 119 Å². The number of nitrogens with zero attached hydrogens (tertiary/aromatic N) is 2. The van der Waals surface area contributed by atoms with Crippen LogP contribution in [0.2, 0.25) is 0 Å². The summed E-state index contributed by atoms with van der Waals surface area (Å²) >= 11 is 0. The summed E-state index contributed by atoms with van der Waals surface area (Å²) in [6, 6.07) is 30.2. The molecule has 0 fully saturated rings. The Morgan fingerprint density at radius 1 is 0.312 bits per heavy atom. The summed E-state index contributed by atoms with van der Waals surface area (Å²) in [4.78, 5) is 34.5. The molecule has 0 aliphatic heterocycles. The van der Waals surface area contributed by atoms with Gasteiger partial charge in [0, 0.05) is 12.4 Å². The molecule has 0 heterocycles. The first-order chi connectivity index (χ1) is 38.0. The Morgan fingerprint density at radius 3 is 0.844 bits per heavy atom. The van der Waals surface area contributed by atoms with Crippen LogP contribution in [0.5, 0.6) is 11.5 Å². The highest BCUT2D eigenvalue weighted by atomic mass is 16.5. The summed E-state index contributed by atoms with van der Waals surface area (Å²) in [6.07, 6.45) is 49.3. The number of benzene rings is 4. The van der Waals surface area contributed by atoms with Crippen LogP contribution in [-0.4, -0.2) is 50.8 Å². The Balaban J connectivity index is 0.945. The largest absolute Gasteiger partial charge is 0.494 e. The van der Waals surface area contributed by atoms with Crippen molar-refractivity contribution in [1.82, 2.24) is 0 Å². The lowest BCUT2D eigenvalue weighted by molar-refractivity contribution is 0.0478. The van der Waals surface area contributed by atoms with E-state index in [4.69, 9.17) is 18.9 Å². The smallest absolute Gasteiger partial charge is 0.338 e. The van der Waals surface area contributed by atoms with Gasteiger partial charge in [0.15, 0.2) is 0 Å². The van der Waals surface area contributed by atoms with Gasteiger partial charge in [-0.25, -0.2) is 9.59 Å². The molecule has 0 spiro atoms. The highest BCUT2D eigenvalue weighted by Gasteiger charge is 2.09. The van der Waals surface area contributed by atoms with Crippen molar-refractivity contribution >= 4 is 35.7 Å². The lowest BCUT2D eigenvalue weighted by atomic mass is 10.0. The highest BCUT2D eigenvalue weighted by Crippen LogP contribution is 2.22. The van der Waals surface area contributed by atoms with E-state index in [0.29, 0.717) is 37.2 Å². The minimum Gasteiger partial charge on any atom is -0.494 e. The third kappa shape index (κ3) is 33.0. The fourth-order valence-corrected chi connectivity index (χ4v) is 9.52. The van der Waals surface area contributed by atoms with Crippen LogP contribution in [0, 0.1) is 0 Å². The number of carbonyl (C=O) groups is 2. The van der Waals surface area contributed by atoms with Gasteiger partial charge < -0.3 is 18.9 Å². The molecular formula is C69H102N2O6. The molecule has 8 nitrogen and oxygen atoms in total. The van der Waals surface area contributed by atoms with Crippen molar-refractivity contribution in [2.75, 3.05) is 26.4 Å². The van der Waals surface area contributed by atoms with Crippen LogP contribution in [0.1, 0.15) is 270 Å². The van der Waals surface area contributed by atoms with Crippen LogP contribution in [0.15, 0.2) is 107 Å². The van der Waals surface area contributed by atoms with Crippen molar-refractivity contribution in [1.29, 1.82) is 0 Å². The Hall–Kier alpha value is -5.24. The molecule has 0 N–H and O–H groups in total. The zero-order chi connectivity index (χ0) is 54.3. The Labute approximate surface area is 468 Å². The molecule has 8 heteroatoms. The van der Waals surface area contributed by atoms with Crippen molar-refractivity contribution < 1.29 is 28.5 Å². The molecule has 4 rings (SSSR count). The van der Waals surface area contributed by atoms with Crippen LogP contribution in [0.25, 0.3) is 0 Å². The second-order valence-corrected chi connectivity index (χ2v) is 21.4. The first kappa shape index (κ1) is 64.3. The number of esters is 2. The normalized spacial score (nSPS) is 11.5. The minimum absolute atomic E-state index is 0.301. The predicted octanol–water partition coefficient (Wildman–Crippen LogP) is 20.7. The number of hydrogen-bond acceptors (Lipinski definition) is 8. The molecule has 0 saturated heterocycles. The third-order valence-corrected chi connectivity index (χ3v) is 14.5. The Bertz CT molecular complexity index is 1950. The quantitative estimate of drug-likeness (QED) is 0.0248. The Morgan fingerprint density at radius 2 is 0.558 bits per heavy atom. The van der Waals surface area contributed by atoms with E-state index in [-0.39, 0.29) is 11.9 Å². The van der Waals surface area contributed by atoms with Crippen LogP contribution in [-0.2, 0) is 9.47 Å². The molecule has 0 radical (unpaired) electrons. The van der Waals surface area contributed by atoms with Gasteiger partial charge in [0.1, 0.15) is 11.5 Å². The molecule has 4 aromatic carbocycles.